The van der Waals surface area contributed by atoms with E-state index < -0.39 is 0 Å². The number of likely N-dealkylation sites (N-methyl/N-ethyl adjacent to an activating group) is 1. The number of fused-ring (bicyclic) bond motifs is 3. The summed E-state index contributed by atoms with van der Waals surface area (Å²) in [5, 5.41) is 9.78. The first kappa shape index (κ1) is 23.0. The highest BCUT2D eigenvalue weighted by molar-refractivity contribution is 7.99. The van der Waals surface area contributed by atoms with E-state index in [9.17, 15) is 9.59 Å². The number of hydrogen-bond donors (Lipinski definition) is 0. The highest BCUT2D eigenvalue weighted by Gasteiger charge is 2.19. The number of carbonyl (C=O) groups is 1. The summed E-state index contributed by atoms with van der Waals surface area (Å²) in [4.78, 5) is 27.5. The van der Waals surface area contributed by atoms with Crippen molar-refractivity contribution in [2.75, 3.05) is 32.1 Å². The molecule has 3 aromatic rings. The number of benzene rings is 1. The third-order valence-corrected chi connectivity index (χ3v) is 5.79. The van der Waals surface area contributed by atoms with Crippen molar-refractivity contribution in [2.24, 2.45) is 0 Å². The largest absolute Gasteiger partial charge is 0.382 e. The van der Waals surface area contributed by atoms with Crippen molar-refractivity contribution in [1.82, 2.24) is 24.1 Å². The number of ether oxygens (including phenoxy) is 1. The molecule has 0 aliphatic heterocycles. The summed E-state index contributed by atoms with van der Waals surface area (Å²) >= 11 is 1.33. The van der Waals surface area contributed by atoms with Crippen LogP contribution in [0.25, 0.3) is 16.7 Å². The SMILES string of the molecule is C=C(C)CN(CC)C(=O)CSc1nnc2n(CCCOCC)c(=O)c3ccccc3n12. The lowest BCUT2D eigenvalue weighted by atomic mass is 10.2. The number of amides is 1. The summed E-state index contributed by atoms with van der Waals surface area (Å²) in [6, 6.07) is 7.41. The van der Waals surface area contributed by atoms with Gasteiger partial charge in [0.1, 0.15) is 0 Å². The van der Waals surface area contributed by atoms with E-state index >= 15 is 0 Å². The maximum atomic E-state index is 13.1. The zero-order valence-electron chi connectivity index (χ0n) is 18.3. The van der Waals surface area contributed by atoms with Crippen molar-refractivity contribution in [3.05, 3.63) is 46.8 Å². The summed E-state index contributed by atoms with van der Waals surface area (Å²) in [6.45, 7) is 12.6. The average molecular weight is 444 g/mol. The van der Waals surface area contributed by atoms with Gasteiger partial charge in [-0.05, 0) is 39.3 Å². The molecule has 1 aromatic carbocycles. The van der Waals surface area contributed by atoms with Crippen molar-refractivity contribution in [3.8, 4) is 0 Å². The summed E-state index contributed by atoms with van der Waals surface area (Å²) in [5.41, 5.74) is 1.58. The average Bonchev–Trinajstić information content (AvgIpc) is 3.19. The Kier molecular flexibility index (Phi) is 7.86. The molecule has 0 aliphatic carbocycles. The van der Waals surface area contributed by atoms with Crippen molar-refractivity contribution >= 4 is 34.3 Å². The predicted octanol–water partition coefficient (Wildman–Crippen LogP) is 2.99. The number of aromatic nitrogens is 4. The lowest BCUT2D eigenvalue weighted by molar-refractivity contribution is -0.127. The number of hydrogen-bond acceptors (Lipinski definition) is 6. The number of carbonyl (C=O) groups excluding carboxylic acids is 1. The minimum absolute atomic E-state index is 0.0154. The van der Waals surface area contributed by atoms with Crippen LogP contribution >= 0.6 is 11.8 Å². The Bertz CT molecular complexity index is 1140. The second-order valence-electron chi connectivity index (χ2n) is 7.30. The molecule has 2 heterocycles. The van der Waals surface area contributed by atoms with Gasteiger partial charge in [-0.2, -0.15) is 0 Å². The van der Waals surface area contributed by atoms with E-state index in [1.54, 1.807) is 15.5 Å². The third-order valence-electron chi connectivity index (χ3n) is 4.87. The van der Waals surface area contributed by atoms with Gasteiger partial charge in [-0.25, -0.2) is 0 Å². The smallest absolute Gasteiger partial charge is 0.262 e. The van der Waals surface area contributed by atoms with Gasteiger partial charge >= 0.3 is 0 Å². The molecule has 0 unspecified atom stereocenters. The first-order valence-corrected chi connectivity index (χ1v) is 11.5. The second-order valence-corrected chi connectivity index (χ2v) is 8.24. The molecule has 166 valence electrons. The molecule has 8 nitrogen and oxygen atoms in total. The van der Waals surface area contributed by atoms with E-state index in [0.29, 0.717) is 55.6 Å². The molecule has 1 amide bonds. The summed E-state index contributed by atoms with van der Waals surface area (Å²) in [6.07, 6.45) is 0.696. The van der Waals surface area contributed by atoms with Crippen LogP contribution in [0.2, 0.25) is 0 Å². The Balaban J connectivity index is 1.95. The molecule has 0 N–H and O–H groups in total. The molecule has 2 aromatic heterocycles. The third kappa shape index (κ3) is 5.16. The molecule has 0 fully saturated rings. The van der Waals surface area contributed by atoms with Gasteiger partial charge < -0.3 is 9.64 Å². The van der Waals surface area contributed by atoms with E-state index in [4.69, 9.17) is 4.74 Å². The molecule has 0 bridgehead atoms. The van der Waals surface area contributed by atoms with E-state index in [1.165, 1.54) is 11.8 Å². The first-order valence-electron chi connectivity index (χ1n) is 10.5. The van der Waals surface area contributed by atoms with Gasteiger partial charge in [0.25, 0.3) is 5.56 Å². The van der Waals surface area contributed by atoms with Crippen LogP contribution in [-0.2, 0) is 16.1 Å². The number of rotatable bonds is 11. The molecule has 0 spiro atoms. The van der Waals surface area contributed by atoms with Gasteiger partial charge in [0, 0.05) is 32.8 Å². The first-order chi connectivity index (χ1) is 15.0. The van der Waals surface area contributed by atoms with Gasteiger partial charge in [-0.3, -0.25) is 18.6 Å². The fraction of sp³-hybridized carbons (Fsp3) is 0.455. The van der Waals surface area contributed by atoms with E-state index in [1.807, 2.05) is 43.4 Å². The number of aryl methyl sites for hydroxylation is 1. The van der Waals surface area contributed by atoms with Gasteiger partial charge in [0.2, 0.25) is 11.7 Å². The Hall–Kier alpha value is -2.65. The van der Waals surface area contributed by atoms with Crippen LogP contribution < -0.4 is 5.56 Å². The minimum atomic E-state index is -0.0989. The van der Waals surface area contributed by atoms with Crippen LogP contribution in [0.1, 0.15) is 27.2 Å². The monoisotopic (exact) mass is 443 g/mol. The lowest BCUT2D eigenvalue weighted by Gasteiger charge is -2.20. The van der Waals surface area contributed by atoms with Crippen molar-refractivity contribution in [1.29, 1.82) is 0 Å². The van der Waals surface area contributed by atoms with Gasteiger partial charge in [-0.1, -0.05) is 36.0 Å². The molecule has 9 heteroatoms. The van der Waals surface area contributed by atoms with Crippen LogP contribution in [0.5, 0.6) is 0 Å². The molecule has 0 aliphatic rings. The highest BCUT2D eigenvalue weighted by atomic mass is 32.2. The summed E-state index contributed by atoms with van der Waals surface area (Å²) in [5.74, 6) is 0.728. The maximum absolute atomic E-state index is 13.1. The molecular formula is C22H29N5O3S. The maximum Gasteiger partial charge on any atom is 0.262 e. The van der Waals surface area contributed by atoms with E-state index in [-0.39, 0.29) is 17.2 Å². The van der Waals surface area contributed by atoms with Crippen molar-refractivity contribution in [3.63, 3.8) is 0 Å². The fourth-order valence-corrected chi connectivity index (χ4v) is 4.26. The summed E-state index contributed by atoms with van der Waals surface area (Å²) in [7, 11) is 0. The van der Waals surface area contributed by atoms with Crippen LogP contribution in [0.15, 0.2) is 46.4 Å². The Morgan fingerprint density at radius 2 is 2.03 bits per heavy atom. The fourth-order valence-electron chi connectivity index (χ4n) is 3.42. The lowest BCUT2D eigenvalue weighted by Crippen LogP contribution is -2.33. The number of nitrogens with zero attached hydrogens (tertiary/aromatic N) is 5. The number of thioether (sulfide) groups is 1. The summed E-state index contributed by atoms with van der Waals surface area (Å²) < 4.78 is 8.92. The second kappa shape index (κ2) is 10.6. The molecule has 0 saturated heterocycles. The van der Waals surface area contributed by atoms with E-state index in [0.717, 1.165) is 11.1 Å². The zero-order chi connectivity index (χ0) is 22.4. The molecule has 31 heavy (non-hydrogen) atoms. The highest BCUT2D eigenvalue weighted by Crippen LogP contribution is 2.22. The zero-order valence-corrected chi connectivity index (χ0v) is 19.2. The van der Waals surface area contributed by atoms with Crippen molar-refractivity contribution < 1.29 is 9.53 Å². The molecule has 0 radical (unpaired) electrons. The molecular weight excluding hydrogens is 414 g/mol. The topological polar surface area (TPSA) is 81.7 Å². The van der Waals surface area contributed by atoms with Crippen LogP contribution in [-0.4, -0.2) is 62.0 Å². The molecule has 3 rings (SSSR count). The van der Waals surface area contributed by atoms with Gasteiger partial charge in [-0.15, -0.1) is 10.2 Å². The Morgan fingerprint density at radius 1 is 1.26 bits per heavy atom. The van der Waals surface area contributed by atoms with Crippen LogP contribution in [0.3, 0.4) is 0 Å². The molecule has 0 atom stereocenters. The molecule has 0 saturated carbocycles. The van der Waals surface area contributed by atoms with Crippen molar-refractivity contribution in [2.45, 2.75) is 38.9 Å². The van der Waals surface area contributed by atoms with Gasteiger partial charge in [0.15, 0.2) is 5.16 Å². The van der Waals surface area contributed by atoms with E-state index in [2.05, 4.69) is 16.8 Å². The van der Waals surface area contributed by atoms with Crippen LogP contribution in [0, 0.1) is 0 Å². The minimum Gasteiger partial charge on any atom is -0.382 e. The van der Waals surface area contributed by atoms with Gasteiger partial charge in [0.05, 0.1) is 16.7 Å². The quantitative estimate of drug-likeness (QED) is 0.257. The standard InChI is InChI=1S/C22H29N5O3S/c1-5-25(14-16(3)4)19(28)15-31-22-24-23-21-26(12-9-13-30-6-2)20(29)17-10-7-8-11-18(17)27(21)22/h7-8,10-11H,3,5-6,9,12-15H2,1-2,4H3. The normalized spacial score (nSPS) is 11.3. The number of para-hydroxylation sites is 1. The van der Waals surface area contributed by atoms with Crippen LogP contribution in [0.4, 0.5) is 0 Å². The Morgan fingerprint density at radius 3 is 2.74 bits per heavy atom. The predicted molar refractivity (Wildman–Crippen MR) is 124 cm³/mol. The Labute approximate surface area is 185 Å².